The Kier molecular flexibility index (Phi) is 8.22. The predicted molar refractivity (Wildman–Crippen MR) is 271 cm³/mol. The first kappa shape index (κ1) is 38.0. The topological polar surface area (TPSA) is 3.24 Å². The highest BCUT2D eigenvalue weighted by Crippen LogP contribution is 2.65. The van der Waals surface area contributed by atoms with Crippen molar-refractivity contribution in [3.63, 3.8) is 0 Å². The van der Waals surface area contributed by atoms with Crippen LogP contribution in [0, 0.1) is 0 Å². The summed E-state index contributed by atoms with van der Waals surface area (Å²) in [7, 11) is 0. The Labute approximate surface area is 374 Å². The normalized spacial score (nSPS) is 13.7. The molecule has 0 saturated carbocycles. The quantitative estimate of drug-likeness (QED) is 0.171. The second-order valence-corrected chi connectivity index (χ2v) is 20.8. The summed E-state index contributed by atoms with van der Waals surface area (Å²) in [5.41, 5.74) is 18.9. The zero-order valence-electron chi connectivity index (χ0n) is 36.8. The number of hydrogen-bond acceptors (Lipinski definition) is 2. The van der Waals surface area contributed by atoms with E-state index >= 15 is 0 Å². The number of benzene rings is 9. The molecule has 0 unspecified atom stereocenters. The maximum Gasteiger partial charge on any atom is 0.0726 e. The van der Waals surface area contributed by atoms with Crippen molar-refractivity contribution in [2.75, 3.05) is 4.90 Å². The van der Waals surface area contributed by atoms with Gasteiger partial charge in [-0.05, 0) is 119 Å². The van der Waals surface area contributed by atoms with Crippen LogP contribution in [0.5, 0.6) is 0 Å². The van der Waals surface area contributed by atoms with Gasteiger partial charge in [-0.25, -0.2) is 0 Å². The molecule has 10 aromatic rings. The van der Waals surface area contributed by atoms with Crippen molar-refractivity contribution in [2.45, 2.75) is 57.8 Å². The molecule has 12 rings (SSSR count). The van der Waals surface area contributed by atoms with Gasteiger partial charge in [0.25, 0.3) is 0 Å². The molecule has 0 radical (unpaired) electrons. The summed E-state index contributed by atoms with van der Waals surface area (Å²) >= 11 is 1.88. The molecule has 0 bridgehead atoms. The van der Waals surface area contributed by atoms with Gasteiger partial charge in [-0.15, -0.1) is 11.3 Å². The molecule has 0 fully saturated rings. The van der Waals surface area contributed by atoms with Gasteiger partial charge in [0.2, 0.25) is 0 Å². The Morgan fingerprint density at radius 3 is 1.70 bits per heavy atom. The summed E-state index contributed by atoms with van der Waals surface area (Å²) in [4.78, 5) is 2.57. The van der Waals surface area contributed by atoms with Crippen molar-refractivity contribution in [3.8, 4) is 33.4 Å². The third-order valence-corrected chi connectivity index (χ3v) is 15.1. The number of nitrogens with zero attached hydrogens (tertiary/aromatic N) is 1. The first-order valence-electron chi connectivity index (χ1n) is 22.3. The third kappa shape index (κ3) is 5.54. The van der Waals surface area contributed by atoms with Crippen molar-refractivity contribution in [3.05, 3.63) is 221 Å². The van der Waals surface area contributed by atoms with E-state index in [0.717, 1.165) is 5.69 Å². The van der Waals surface area contributed by atoms with Gasteiger partial charge in [-0.2, -0.15) is 0 Å². The van der Waals surface area contributed by atoms with Gasteiger partial charge in [0, 0.05) is 31.4 Å². The first-order valence-corrected chi connectivity index (χ1v) is 23.2. The monoisotopic (exact) mass is 827 g/mol. The van der Waals surface area contributed by atoms with Gasteiger partial charge in [0.15, 0.2) is 0 Å². The van der Waals surface area contributed by atoms with Crippen molar-refractivity contribution in [1.29, 1.82) is 0 Å². The molecule has 1 spiro atoms. The highest BCUT2D eigenvalue weighted by molar-refractivity contribution is 7.26. The number of thiophene rings is 1. The average molecular weight is 828 g/mol. The predicted octanol–water partition coefficient (Wildman–Crippen LogP) is 17.3. The number of fused-ring (bicyclic) bond motifs is 14. The van der Waals surface area contributed by atoms with Crippen LogP contribution >= 0.6 is 11.3 Å². The molecule has 2 aliphatic rings. The maximum absolute atomic E-state index is 2.57. The van der Waals surface area contributed by atoms with Crippen LogP contribution in [0.1, 0.15) is 74.9 Å². The summed E-state index contributed by atoms with van der Waals surface area (Å²) in [5.74, 6) is 0. The molecular weight excluding hydrogens is 779 g/mol. The molecule has 2 heteroatoms. The molecule has 0 saturated heterocycles. The summed E-state index contributed by atoms with van der Waals surface area (Å²) in [6, 6.07) is 71.5. The van der Waals surface area contributed by atoms with Gasteiger partial charge in [-0.3, -0.25) is 0 Å². The SMILES string of the molecule is CC(C)(C)c1ccc2c(c1)C1(c3cc(C(C)(C)C)ccc3-2)c2ccccc2-c2c(N(c3ccc(-c4cccc5ccccc45)cc3)c3cccc4sc5ccccc5c34)cccc21. The molecule has 0 atom stereocenters. The van der Waals surface area contributed by atoms with Crippen LogP contribution < -0.4 is 4.90 Å². The zero-order valence-corrected chi connectivity index (χ0v) is 37.6. The number of anilines is 3. The fraction of sp³-hybridized carbons (Fsp3) is 0.148. The largest absolute Gasteiger partial charge is 0.309 e. The summed E-state index contributed by atoms with van der Waals surface area (Å²) in [5, 5.41) is 5.10. The molecule has 304 valence electrons. The Hall–Kier alpha value is -6.74. The molecule has 0 amide bonds. The maximum atomic E-state index is 2.57. The minimum Gasteiger partial charge on any atom is -0.309 e. The van der Waals surface area contributed by atoms with E-state index in [0.29, 0.717) is 0 Å². The Morgan fingerprint density at radius 1 is 0.413 bits per heavy atom. The van der Waals surface area contributed by atoms with E-state index in [-0.39, 0.29) is 10.8 Å². The van der Waals surface area contributed by atoms with Gasteiger partial charge in [0.1, 0.15) is 0 Å². The van der Waals surface area contributed by atoms with Crippen molar-refractivity contribution in [1.82, 2.24) is 0 Å². The van der Waals surface area contributed by atoms with Crippen LogP contribution in [-0.4, -0.2) is 0 Å². The van der Waals surface area contributed by atoms with Crippen LogP contribution in [0.3, 0.4) is 0 Å². The zero-order chi connectivity index (χ0) is 42.8. The average Bonchev–Trinajstić information content (AvgIpc) is 3.93. The van der Waals surface area contributed by atoms with Crippen LogP contribution in [0.2, 0.25) is 0 Å². The van der Waals surface area contributed by atoms with E-state index in [1.165, 1.54) is 109 Å². The molecule has 63 heavy (non-hydrogen) atoms. The van der Waals surface area contributed by atoms with E-state index in [1.807, 2.05) is 11.3 Å². The van der Waals surface area contributed by atoms with Gasteiger partial charge in [0.05, 0.1) is 16.8 Å². The molecule has 1 nitrogen and oxygen atoms in total. The lowest BCUT2D eigenvalue weighted by Crippen LogP contribution is -2.27. The molecule has 0 aliphatic heterocycles. The van der Waals surface area contributed by atoms with Gasteiger partial charge < -0.3 is 4.90 Å². The second kappa shape index (κ2) is 13.6. The lowest BCUT2D eigenvalue weighted by molar-refractivity contribution is 0.586. The van der Waals surface area contributed by atoms with E-state index < -0.39 is 5.41 Å². The smallest absolute Gasteiger partial charge is 0.0726 e. The lowest BCUT2D eigenvalue weighted by atomic mass is 9.69. The molecule has 1 aromatic heterocycles. The van der Waals surface area contributed by atoms with E-state index in [1.54, 1.807) is 0 Å². The fourth-order valence-electron chi connectivity index (χ4n) is 10.9. The van der Waals surface area contributed by atoms with E-state index in [2.05, 4.69) is 234 Å². The number of rotatable bonds is 4. The van der Waals surface area contributed by atoms with Crippen molar-refractivity contribution in [2.24, 2.45) is 0 Å². The highest BCUT2D eigenvalue weighted by atomic mass is 32.1. The lowest BCUT2D eigenvalue weighted by Gasteiger charge is -2.33. The standard InChI is InChI=1S/C61H49NS/c1-59(2,3)40-30-34-45-46-35-31-41(60(4,5)6)37-52(46)61(51(45)36-40)49-22-11-9-19-47(49)57-50(61)23-14-24-53(57)62(54-25-15-27-56-58(54)48-20-10-12-26-55(48)63-56)42-32-28-39(29-33-42)44-21-13-17-38-16-7-8-18-43(38)44/h7-37H,1-6H3. The van der Waals surface area contributed by atoms with Gasteiger partial charge >= 0.3 is 0 Å². The van der Waals surface area contributed by atoms with Crippen molar-refractivity contribution >= 4 is 59.3 Å². The Balaban J connectivity index is 1.17. The molecule has 0 N–H and O–H groups in total. The molecular formula is C61H49NS. The Bertz CT molecular complexity index is 3410. The van der Waals surface area contributed by atoms with E-state index in [4.69, 9.17) is 0 Å². The minimum atomic E-state index is -0.500. The minimum absolute atomic E-state index is 0.0125. The highest BCUT2D eigenvalue weighted by Gasteiger charge is 2.53. The summed E-state index contributed by atoms with van der Waals surface area (Å²) in [6.07, 6.45) is 0. The molecule has 1 heterocycles. The van der Waals surface area contributed by atoms with E-state index in [9.17, 15) is 0 Å². The third-order valence-electron chi connectivity index (χ3n) is 14.0. The Morgan fingerprint density at radius 2 is 0.968 bits per heavy atom. The second-order valence-electron chi connectivity index (χ2n) is 19.7. The summed E-state index contributed by atoms with van der Waals surface area (Å²) < 4.78 is 2.59. The van der Waals surface area contributed by atoms with Crippen LogP contribution in [0.4, 0.5) is 17.1 Å². The van der Waals surface area contributed by atoms with Gasteiger partial charge in [-0.1, -0.05) is 193 Å². The fourth-order valence-corrected chi connectivity index (χ4v) is 12.1. The van der Waals surface area contributed by atoms with Crippen LogP contribution in [0.25, 0.3) is 64.3 Å². The van der Waals surface area contributed by atoms with Crippen LogP contribution in [-0.2, 0) is 16.2 Å². The molecule has 2 aliphatic carbocycles. The summed E-state index contributed by atoms with van der Waals surface area (Å²) in [6.45, 7) is 14.0. The first-order chi connectivity index (χ1) is 30.5. The molecule has 9 aromatic carbocycles. The number of hydrogen-bond donors (Lipinski definition) is 0. The van der Waals surface area contributed by atoms with Crippen LogP contribution in [0.15, 0.2) is 188 Å². The van der Waals surface area contributed by atoms with Crippen molar-refractivity contribution < 1.29 is 0 Å².